The predicted molar refractivity (Wildman–Crippen MR) is 63.5 cm³/mol. The summed E-state index contributed by atoms with van der Waals surface area (Å²) in [6, 6.07) is 3.17. The second kappa shape index (κ2) is 5.27. The summed E-state index contributed by atoms with van der Waals surface area (Å²) < 4.78 is 1.13. The lowest BCUT2D eigenvalue weighted by Crippen LogP contribution is -2.27. The van der Waals surface area contributed by atoms with Crippen LogP contribution in [-0.4, -0.2) is 28.0 Å². The number of halogens is 2. The quantitative estimate of drug-likeness (QED) is 0.667. The summed E-state index contributed by atoms with van der Waals surface area (Å²) >= 11 is 6.35. The lowest BCUT2D eigenvalue weighted by atomic mass is 10.0. The molecule has 2 atom stereocenters. The zero-order valence-corrected chi connectivity index (χ0v) is 10.9. The summed E-state index contributed by atoms with van der Waals surface area (Å²) in [5, 5.41) is 28.7. The van der Waals surface area contributed by atoms with Gasteiger partial charge in [-0.05, 0) is 28.1 Å². The molecule has 0 heterocycles. The van der Waals surface area contributed by atoms with Gasteiger partial charge in [0.2, 0.25) is 0 Å². The van der Waals surface area contributed by atoms with Crippen molar-refractivity contribution in [2.75, 3.05) is 6.54 Å². The number of aromatic hydroxyl groups is 1. The van der Waals surface area contributed by atoms with E-state index < -0.39 is 12.2 Å². The normalized spacial score (nSPS) is 15.0. The maximum atomic E-state index is 9.69. The zero-order valence-electron chi connectivity index (χ0n) is 7.69. The van der Waals surface area contributed by atoms with Gasteiger partial charge in [-0.15, -0.1) is 0 Å². The fourth-order valence-electron chi connectivity index (χ4n) is 1.15. The zero-order chi connectivity index (χ0) is 11.6. The second-order valence-electron chi connectivity index (χ2n) is 3.07. The fourth-order valence-corrected chi connectivity index (χ4v) is 2.41. The van der Waals surface area contributed by atoms with Crippen molar-refractivity contribution in [2.24, 2.45) is 5.73 Å². The molecule has 0 saturated heterocycles. The van der Waals surface area contributed by atoms with Crippen molar-refractivity contribution >= 4 is 31.9 Å². The van der Waals surface area contributed by atoms with E-state index in [0.717, 1.165) is 0 Å². The Balaban J connectivity index is 3.13. The molecular formula is C9H11Br2NO3. The lowest BCUT2D eigenvalue weighted by molar-refractivity contribution is 0.0229. The molecule has 0 spiro atoms. The van der Waals surface area contributed by atoms with Gasteiger partial charge in [0.1, 0.15) is 11.9 Å². The van der Waals surface area contributed by atoms with Crippen LogP contribution in [0.25, 0.3) is 0 Å². The van der Waals surface area contributed by atoms with E-state index in [9.17, 15) is 15.3 Å². The van der Waals surface area contributed by atoms with Gasteiger partial charge >= 0.3 is 0 Å². The van der Waals surface area contributed by atoms with Gasteiger partial charge in [-0.2, -0.15) is 0 Å². The molecule has 0 fully saturated rings. The third kappa shape index (κ3) is 2.92. The number of phenols is 1. The van der Waals surface area contributed by atoms with Crippen LogP contribution in [0.5, 0.6) is 5.75 Å². The van der Waals surface area contributed by atoms with Crippen LogP contribution in [0, 0.1) is 0 Å². The van der Waals surface area contributed by atoms with E-state index in [1.807, 2.05) is 0 Å². The van der Waals surface area contributed by atoms with E-state index in [1.54, 1.807) is 6.07 Å². The van der Waals surface area contributed by atoms with E-state index >= 15 is 0 Å². The number of rotatable bonds is 3. The van der Waals surface area contributed by atoms with Crippen molar-refractivity contribution in [3.05, 3.63) is 26.6 Å². The third-order valence-electron chi connectivity index (χ3n) is 1.98. The van der Waals surface area contributed by atoms with Crippen LogP contribution in [0.2, 0.25) is 0 Å². The first kappa shape index (κ1) is 12.9. The minimum atomic E-state index is -1.20. The highest BCUT2D eigenvalue weighted by Gasteiger charge is 2.21. The van der Waals surface area contributed by atoms with Crippen molar-refractivity contribution in [1.82, 2.24) is 0 Å². The number of nitrogens with two attached hydrogens (primary N) is 1. The third-order valence-corrected chi connectivity index (χ3v) is 3.04. The van der Waals surface area contributed by atoms with Gasteiger partial charge < -0.3 is 21.1 Å². The highest BCUT2D eigenvalue weighted by molar-refractivity contribution is 9.11. The van der Waals surface area contributed by atoms with Crippen LogP contribution in [0.4, 0.5) is 0 Å². The SMILES string of the molecule is NCC(O)C(O)c1cc(Br)cc(Br)c1O. The van der Waals surface area contributed by atoms with E-state index in [4.69, 9.17) is 5.73 Å². The number of phenolic OH excluding ortho intramolecular Hbond substituents is 1. The molecule has 0 radical (unpaired) electrons. The number of hydrogen-bond acceptors (Lipinski definition) is 4. The van der Waals surface area contributed by atoms with Gasteiger partial charge in [-0.25, -0.2) is 0 Å². The van der Waals surface area contributed by atoms with E-state index in [0.29, 0.717) is 8.95 Å². The predicted octanol–water partition coefficient (Wildman–Crippen LogP) is 1.27. The first-order valence-corrected chi connectivity index (χ1v) is 5.80. The molecule has 1 aromatic rings. The second-order valence-corrected chi connectivity index (χ2v) is 4.84. The van der Waals surface area contributed by atoms with Crippen LogP contribution < -0.4 is 5.73 Å². The highest BCUT2D eigenvalue weighted by Crippen LogP contribution is 2.36. The average Bonchev–Trinajstić information content (AvgIpc) is 2.21. The smallest absolute Gasteiger partial charge is 0.135 e. The summed E-state index contributed by atoms with van der Waals surface area (Å²) in [5.74, 6) is -0.0989. The van der Waals surface area contributed by atoms with Crippen molar-refractivity contribution in [3.8, 4) is 5.75 Å². The molecule has 0 aliphatic heterocycles. The summed E-state index contributed by atoms with van der Waals surface area (Å²) in [5.41, 5.74) is 5.45. The molecule has 1 aromatic carbocycles. The van der Waals surface area contributed by atoms with Gasteiger partial charge in [0.15, 0.2) is 0 Å². The molecule has 15 heavy (non-hydrogen) atoms. The summed E-state index contributed by atoms with van der Waals surface area (Å²) in [7, 11) is 0. The topological polar surface area (TPSA) is 86.7 Å². The molecule has 0 bridgehead atoms. The Bertz CT molecular complexity index is 359. The minimum Gasteiger partial charge on any atom is -0.506 e. The van der Waals surface area contributed by atoms with Crippen molar-refractivity contribution in [1.29, 1.82) is 0 Å². The number of benzene rings is 1. The molecule has 1 rings (SSSR count). The Kier molecular flexibility index (Phi) is 4.54. The van der Waals surface area contributed by atoms with E-state index in [1.165, 1.54) is 6.07 Å². The molecule has 0 aliphatic rings. The summed E-state index contributed by atoms with van der Waals surface area (Å²) in [6.07, 6.45) is -2.30. The van der Waals surface area contributed by atoms with Crippen LogP contribution >= 0.6 is 31.9 Å². The average molecular weight is 341 g/mol. The Morgan fingerprint density at radius 1 is 1.27 bits per heavy atom. The molecule has 0 aromatic heterocycles. The molecule has 5 N–H and O–H groups in total. The van der Waals surface area contributed by atoms with Crippen molar-refractivity contribution < 1.29 is 15.3 Å². The number of aliphatic hydroxyl groups is 2. The van der Waals surface area contributed by atoms with E-state index in [-0.39, 0.29) is 17.9 Å². The maximum Gasteiger partial charge on any atom is 0.135 e. The minimum absolute atomic E-state index is 0.0786. The van der Waals surface area contributed by atoms with Crippen LogP contribution in [-0.2, 0) is 0 Å². The molecule has 2 unspecified atom stereocenters. The van der Waals surface area contributed by atoms with E-state index in [2.05, 4.69) is 31.9 Å². The molecule has 84 valence electrons. The Hall–Kier alpha value is -0.140. The molecular weight excluding hydrogens is 330 g/mol. The summed E-state index contributed by atoms with van der Waals surface area (Å²) in [4.78, 5) is 0. The monoisotopic (exact) mass is 339 g/mol. The van der Waals surface area contributed by atoms with Crippen LogP contribution in [0.1, 0.15) is 11.7 Å². The Morgan fingerprint density at radius 2 is 1.87 bits per heavy atom. The van der Waals surface area contributed by atoms with Gasteiger partial charge in [0.05, 0.1) is 10.6 Å². The molecule has 0 aliphatic carbocycles. The summed E-state index contributed by atoms with van der Waals surface area (Å²) in [6.45, 7) is -0.0786. The highest BCUT2D eigenvalue weighted by atomic mass is 79.9. The maximum absolute atomic E-state index is 9.69. The molecule has 6 heteroatoms. The van der Waals surface area contributed by atoms with Gasteiger partial charge in [-0.1, -0.05) is 15.9 Å². The van der Waals surface area contributed by atoms with Crippen LogP contribution in [0.15, 0.2) is 21.1 Å². The molecule has 4 nitrogen and oxygen atoms in total. The fraction of sp³-hybridized carbons (Fsp3) is 0.333. The van der Waals surface area contributed by atoms with Gasteiger partial charge in [0, 0.05) is 16.6 Å². The van der Waals surface area contributed by atoms with Crippen molar-refractivity contribution in [3.63, 3.8) is 0 Å². The largest absolute Gasteiger partial charge is 0.506 e. The molecule has 0 amide bonds. The Morgan fingerprint density at radius 3 is 2.40 bits per heavy atom. The first-order chi connectivity index (χ1) is 6.97. The standard InChI is InChI=1S/C9H11Br2NO3/c10-4-1-5(8(14)6(11)2-4)9(15)7(13)3-12/h1-2,7,9,13-15H,3,12H2. The molecule has 0 saturated carbocycles. The van der Waals surface area contributed by atoms with Crippen molar-refractivity contribution in [2.45, 2.75) is 12.2 Å². The van der Waals surface area contributed by atoms with Crippen LogP contribution in [0.3, 0.4) is 0 Å². The number of hydrogen-bond donors (Lipinski definition) is 4. The number of aliphatic hydroxyl groups excluding tert-OH is 2. The Labute approximate surface area is 104 Å². The van der Waals surface area contributed by atoms with Gasteiger partial charge in [0.25, 0.3) is 0 Å². The lowest BCUT2D eigenvalue weighted by Gasteiger charge is -2.18. The first-order valence-electron chi connectivity index (χ1n) is 4.21. The van der Waals surface area contributed by atoms with Gasteiger partial charge in [-0.3, -0.25) is 0 Å².